The van der Waals surface area contributed by atoms with Crippen LogP contribution in [0.25, 0.3) is 11.1 Å². The predicted octanol–water partition coefficient (Wildman–Crippen LogP) is 4.99. The molecule has 0 N–H and O–H groups in total. The molecule has 0 spiro atoms. The van der Waals surface area contributed by atoms with E-state index >= 15 is 0 Å². The van der Waals surface area contributed by atoms with Gasteiger partial charge in [-0.25, -0.2) is 9.18 Å². The maximum Gasteiger partial charge on any atom is 0.338 e. The summed E-state index contributed by atoms with van der Waals surface area (Å²) < 4.78 is 23.7. The molecule has 0 heterocycles. The average molecular weight is 375 g/mol. The minimum absolute atomic E-state index is 0.189. The van der Waals surface area contributed by atoms with E-state index in [0.717, 1.165) is 0 Å². The van der Waals surface area contributed by atoms with Gasteiger partial charge in [-0.05, 0) is 42.0 Å². The van der Waals surface area contributed by atoms with Crippen molar-refractivity contribution in [2.45, 2.75) is 6.42 Å². The third-order valence-electron chi connectivity index (χ3n) is 4.09. The van der Waals surface area contributed by atoms with Crippen molar-refractivity contribution in [1.29, 1.82) is 5.26 Å². The Morgan fingerprint density at radius 3 is 2.32 bits per heavy atom. The van der Waals surface area contributed by atoms with Crippen LogP contribution in [0.3, 0.4) is 0 Å². The Morgan fingerprint density at radius 1 is 0.893 bits per heavy atom. The number of benzene rings is 3. The Labute approximate surface area is 162 Å². The molecule has 0 amide bonds. The molecule has 28 heavy (non-hydrogen) atoms. The number of esters is 1. The van der Waals surface area contributed by atoms with Crippen molar-refractivity contribution in [1.82, 2.24) is 0 Å². The number of hydrogen-bond acceptors (Lipinski definition) is 4. The molecule has 3 aromatic rings. The van der Waals surface area contributed by atoms with Crippen LogP contribution < -0.4 is 4.74 Å². The van der Waals surface area contributed by atoms with Crippen molar-refractivity contribution in [2.75, 3.05) is 13.2 Å². The summed E-state index contributed by atoms with van der Waals surface area (Å²) in [5.41, 5.74) is 2.25. The van der Waals surface area contributed by atoms with Crippen LogP contribution in [0.2, 0.25) is 0 Å². The second-order valence-corrected chi connectivity index (χ2v) is 5.99. The SMILES string of the molecule is N#Cc1ccccc1-c1ccccc1C(=O)OCCCOc1ccc(F)cc1. The molecule has 4 nitrogen and oxygen atoms in total. The molecule has 0 saturated carbocycles. The number of hydrogen-bond donors (Lipinski definition) is 0. The lowest BCUT2D eigenvalue weighted by Gasteiger charge is -2.11. The highest BCUT2D eigenvalue weighted by molar-refractivity contribution is 5.98. The zero-order valence-corrected chi connectivity index (χ0v) is 15.1. The lowest BCUT2D eigenvalue weighted by Crippen LogP contribution is -2.10. The third kappa shape index (κ3) is 4.74. The molecule has 0 aliphatic carbocycles. The maximum absolute atomic E-state index is 12.9. The van der Waals surface area contributed by atoms with Crippen LogP contribution in [-0.4, -0.2) is 19.2 Å². The monoisotopic (exact) mass is 375 g/mol. The van der Waals surface area contributed by atoms with E-state index in [4.69, 9.17) is 9.47 Å². The van der Waals surface area contributed by atoms with E-state index < -0.39 is 5.97 Å². The van der Waals surface area contributed by atoms with Crippen molar-refractivity contribution < 1.29 is 18.7 Å². The van der Waals surface area contributed by atoms with Crippen LogP contribution in [0.15, 0.2) is 72.8 Å². The van der Waals surface area contributed by atoms with E-state index in [1.54, 1.807) is 48.5 Å². The van der Waals surface area contributed by atoms with E-state index in [-0.39, 0.29) is 12.4 Å². The molecule has 140 valence electrons. The number of nitrogens with zero attached hydrogens (tertiary/aromatic N) is 1. The standard InChI is InChI=1S/C23H18FNO3/c24-18-10-12-19(13-11-18)27-14-5-15-28-23(26)22-9-4-3-8-21(22)20-7-2-1-6-17(20)16-25/h1-4,6-13H,5,14-15H2. The van der Waals surface area contributed by atoms with Crippen molar-refractivity contribution in [3.63, 3.8) is 0 Å². The average Bonchev–Trinajstić information content (AvgIpc) is 2.74. The highest BCUT2D eigenvalue weighted by Crippen LogP contribution is 2.27. The van der Waals surface area contributed by atoms with Gasteiger partial charge in [0.05, 0.1) is 30.4 Å². The fourth-order valence-electron chi connectivity index (χ4n) is 2.73. The van der Waals surface area contributed by atoms with Gasteiger partial charge < -0.3 is 9.47 Å². The second kappa shape index (κ2) is 9.33. The number of carbonyl (C=O) groups excluding carboxylic acids is 1. The van der Waals surface area contributed by atoms with Crippen LogP contribution in [0.5, 0.6) is 5.75 Å². The van der Waals surface area contributed by atoms with Crippen LogP contribution in [-0.2, 0) is 4.74 Å². The first kappa shape index (κ1) is 19.1. The van der Waals surface area contributed by atoms with Gasteiger partial charge in [-0.3, -0.25) is 0 Å². The molecular weight excluding hydrogens is 357 g/mol. The molecule has 0 aromatic heterocycles. The Morgan fingerprint density at radius 2 is 1.57 bits per heavy atom. The quantitative estimate of drug-likeness (QED) is 0.431. The number of nitriles is 1. The second-order valence-electron chi connectivity index (χ2n) is 5.99. The van der Waals surface area contributed by atoms with Gasteiger partial charge in [0.1, 0.15) is 11.6 Å². The largest absolute Gasteiger partial charge is 0.493 e. The van der Waals surface area contributed by atoms with Gasteiger partial charge in [0, 0.05) is 12.0 Å². The van der Waals surface area contributed by atoms with Crippen molar-refractivity contribution in [3.05, 3.63) is 89.7 Å². The van der Waals surface area contributed by atoms with Gasteiger partial charge in [-0.1, -0.05) is 36.4 Å². The normalized spacial score (nSPS) is 10.1. The van der Waals surface area contributed by atoms with E-state index in [9.17, 15) is 14.4 Å². The van der Waals surface area contributed by atoms with Crippen molar-refractivity contribution >= 4 is 5.97 Å². The summed E-state index contributed by atoms with van der Waals surface area (Å²) >= 11 is 0. The summed E-state index contributed by atoms with van der Waals surface area (Å²) in [6.45, 7) is 0.534. The van der Waals surface area contributed by atoms with E-state index in [1.165, 1.54) is 12.1 Å². The summed E-state index contributed by atoms with van der Waals surface area (Å²) in [5, 5.41) is 9.32. The zero-order chi connectivity index (χ0) is 19.8. The molecule has 3 aromatic carbocycles. The molecule has 3 rings (SSSR count). The first-order chi connectivity index (χ1) is 13.7. The van der Waals surface area contributed by atoms with Crippen LogP contribution in [0.4, 0.5) is 4.39 Å². The fourth-order valence-corrected chi connectivity index (χ4v) is 2.73. The molecule has 5 heteroatoms. The summed E-state index contributed by atoms with van der Waals surface area (Å²) in [6.07, 6.45) is 0.500. The smallest absolute Gasteiger partial charge is 0.338 e. The summed E-state index contributed by atoms with van der Waals surface area (Å²) in [7, 11) is 0. The molecule has 0 saturated heterocycles. The Hall–Kier alpha value is -3.65. The maximum atomic E-state index is 12.9. The Balaban J connectivity index is 1.59. The number of carbonyl (C=O) groups is 1. The first-order valence-electron chi connectivity index (χ1n) is 8.83. The minimum Gasteiger partial charge on any atom is -0.493 e. The lowest BCUT2D eigenvalue weighted by atomic mass is 9.96. The molecule has 0 bridgehead atoms. The number of halogens is 1. The molecule has 0 radical (unpaired) electrons. The molecular formula is C23H18FNO3. The fraction of sp³-hybridized carbons (Fsp3) is 0.130. The molecule has 0 atom stereocenters. The first-order valence-corrected chi connectivity index (χ1v) is 8.83. The number of rotatable bonds is 7. The van der Waals surface area contributed by atoms with Gasteiger partial charge >= 0.3 is 5.97 Å². The summed E-state index contributed by atoms with van der Waals surface area (Å²) in [6, 6.07) is 22.1. The van der Waals surface area contributed by atoms with Gasteiger partial charge in [0.15, 0.2) is 0 Å². The number of ether oxygens (including phenoxy) is 2. The van der Waals surface area contributed by atoms with Crippen molar-refractivity contribution in [2.24, 2.45) is 0 Å². The third-order valence-corrected chi connectivity index (χ3v) is 4.09. The molecule has 0 unspecified atom stereocenters. The highest BCUT2D eigenvalue weighted by Gasteiger charge is 2.15. The molecule has 0 aliphatic rings. The van der Waals surface area contributed by atoms with E-state index in [1.807, 2.05) is 12.1 Å². The summed E-state index contributed by atoms with van der Waals surface area (Å²) in [5.74, 6) is -0.214. The minimum atomic E-state index is -0.454. The van der Waals surface area contributed by atoms with E-state index in [0.29, 0.717) is 41.0 Å². The van der Waals surface area contributed by atoms with Gasteiger partial charge in [0.2, 0.25) is 0 Å². The van der Waals surface area contributed by atoms with Gasteiger partial charge in [-0.15, -0.1) is 0 Å². The van der Waals surface area contributed by atoms with E-state index in [2.05, 4.69) is 6.07 Å². The topological polar surface area (TPSA) is 59.3 Å². The van der Waals surface area contributed by atoms with Gasteiger partial charge in [-0.2, -0.15) is 5.26 Å². The van der Waals surface area contributed by atoms with Crippen LogP contribution in [0.1, 0.15) is 22.3 Å². The zero-order valence-electron chi connectivity index (χ0n) is 15.1. The van der Waals surface area contributed by atoms with Crippen LogP contribution in [0, 0.1) is 17.1 Å². The Bertz CT molecular complexity index is 993. The molecule has 0 aliphatic heterocycles. The van der Waals surface area contributed by atoms with Crippen molar-refractivity contribution in [3.8, 4) is 22.9 Å². The highest BCUT2D eigenvalue weighted by atomic mass is 19.1. The summed E-state index contributed by atoms with van der Waals surface area (Å²) in [4.78, 5) is 12.5. The van der Waals surface area contributed by atoms with Gasteiger partial charge in [0.25, 0.3) is 0 Å². The van der Waals surface area contributed by atoms with Crippen LogP contribution >= 0.6 is 0 Å². The molecule has 0 fully saturated rings. The predicted molar refractivity (Wildman–Crippen MR) is 103 cm³/mol. The lowest BCUT2D eigenvalue weighted by molar-refractivity contribution is 0.0487. The Kier molecular flexibility index (Phi) is 6.37.